The Labute approximate surface area is 157 Å². The summed E-state index contributed by atoms with van der Waals surface area (Å²) in [5.74, 6) is 0.611. The average Bonchev–Trinajstić information content (AvgIpc) is 3.22. The van der Waals surface area contributed by atoms with Gasteiger partial charge in [-0.2, -0.15) is 4.31 Å². The van der Waals surface area contributed by atoms with Gasteiger partial charge in [0.2, 0.25) is 10.0 Å². The number of methoxy groups -OCH3 is 1. The minimum Gasteiger partial charge on any atom is -0.496 e. The molecule has 2 aromatic carbocycles. The van der Waals surface area contributed by atoms with E-state index in [-0.39, 0.29) is 22.9 Å². The Balaban J connectivity index is 1.87. The van der Waals surface area contributed by atoms with E-state index in [1.54, 1.807) is 18.2 Å². The largest absolute Gasteiger partial charge is 0.496 e. The fraction of sp³-hybridized carbons (Fsp3) is 0.333. The summed E-state index contributed by atoms with van der Waals surface area (Å²) in [6.45, 7) is 0.924. The van der Waals surface area contributed by atoms with E-state index in [4.69, 9.17) is 9.47 Å². The van der Waals surface area contributed by atoms with Gasteiger partial charge in [-0.25, -0.2) is 8.42 Å². The molecule has 27 heavy (non-hydrogen) atoms. The van der Waals surface area contributed by atoms with Gasteiger partial charge in [0, 0.05) is 24.7 Å². The van der Waals surface area contributed by atoms with Crippen LogP contribution in [0.4, 0.5) is 5.69 Å². The first-order chi connectivity index (χ1) is 12.9. The Bertz CT molecular complexity index is 939. The van der Waals surface area contributed by atoms with Gasteiger partial charge in [0.25, 0.3) is 0 Å². The van der Waals surface area contributed by atoms with Crippen molar-refractivity contribution in [2.75, 3.05) is 20.2 Å². The summed E-state index contributed by atoms with van der Waals surface area (Å²) in [5.41, 5.74) is 0.341. The lowest BCUT2D eigenvalue weighted by atomic mass is 10.2. The maximum absolute atomic E-state index is 12.6. The minimum absolute atomic E-state index is 0.00581. The summed E-state index contributed by atoms with van der Waals surface area (Å²) in [4.78, 5) is 10.7. The van der Waals surface area contributed by atoms with Gasteiger partial charge in [0.15, 0.2) is 5.75 Å². The van der Waals surface area contributed by atoms with Crippen molar-refractivity contribution in [2.24, 2.45) is 0 Å². The van der Waals surface area contributed by atoms with E-state index >= 15 is 0 Å². The molecule has 144 valence electrons. The van der Waals surface area contributed by atoms with Gasteiger partial charge in [-0.15, -0.1) is 0 Å². The molecule has 0 unspecified atom stereocenters. The lowest BCUT2D eigenvalue weighted by molar-refractivity contribution is -0.386. The molecular weight excluding hydrogens is 372 g/mol. The Morgan fingerprint density at radius 2 is 1.81 bits per heavy atom. The number of ether oxygens (including phenoxy) is 2. The lowest BCUT2D eigenvalue weighted by Crippen LogP contribution is -2.27. The van der Waals surface area contributed by atoms with E-state index in [0.29, 0.717) is 18.8 Å². The third-order valence-corrected chi connectivity index (χ3v) is 6.30. The lowest BCUT2D eigenvalue weighted by Gasteiger charge is -2.16. The first-order valence-electron chi connectivity index (χ1n) is 8.47. The maximum Gasteiger partial charge on any atom is 0.312 e. The highest BCUT2D eigenvalue weighted by atomic mass is 32.2. The molecule has 0 atom stereocenters. The SMILES string of the molecule is COc1ccccc1COc1ccc(S(=O)(=O)N2CCCC2)cc1[N+](=O)[O-]. The van der Waals surface area contributed by atoms with Crippen LogP contribution < -0.4 is 9.47 Å². The van der Waals surface area contributed by atoms with Gasteiger partial charge in [-0.3, -0.25) is 10.1 Å². The summed E-state index contributed by atoms with van der Waals surface area (Å²) in [6, 6.07) is 10.9. The van der Waals surface area contributed by atoms with E-state index < -0.39 is 14.9 Å². The summed E-state index contributed by atoms with van der Waals surface area (Å²) >= 11 is 0. The molecule has 0 N–H and O–H groups in total. The monoisotopic (exact) mass is 392 g/mol. The van der Waals surface area contributed by atoms with Gasteiger partial charge in [0.05, 0.1) is 16.9 Å². The second-order valence-electron chi connectivity index (χ2n) is 6.10. The number of nitro groups is 1. The molecule has 3 rings (SSSR count). The number of hydrogen-bond acceptors (Lipinski definition) is 6. The second kappa shape index (κ2) is 7.93. The zero-order chi connectivity index (χ0) is 19.4. The average molecular weight is 392 g/mol. The summed E-state index contributed by atoms with van der Waals surface area (Å²) in [6.07, 6.45) is 1.59. The molecule has 0 aliphatic carbocycles. The number of nitrogens with zero attached hydrogens (tertiary/aromatic N) is 2. The van der Waals surface area contributed by atoms with E-state index in [9.17, 15) is 18.5 Å². The number of rotatable bonds is 7. The van der Waals surface area contributed by atoms with Crippen molar-refractivity contribution in [1.29, 1.82) is 0 Å². The molecule has 9 heteroatoms. The number of nitro benzene ring substituents is 1. The standard InChI is InChI=1S/C18H20N2O6S/c1-25-17-7-3-2-6-14(17)13-26-18-9-8-15(12-16(18)20(21)22)27(23,24)19-10-4-5-11-19/h2-3,6-9,12H,4-5,10-11,13H2,1H3. The topological polar surface area (TPSA) is 99.0 Å². The molecule has 1 saturated heterocycles. The molecule has 1 fully saturated rings. The molecule has 0 saturated carbocycles. The normalized spacial score (nSPS) is 14.9. The van der Waals surface area contributed by atoms with Gasteiger partial charge in [-0.1, -0.05) is 18.2 Å². The first kappa shape index (κ1) is 19.1. The quantitative estimate of drug-likeness (QED) is 0.531. The van der Waals surface area contributed by atoms with Crippen molar-refractivity contribution >= 4 is 15.7 Å². The molecule has 0 amide bonds. The van der Waals surface area contributed by atoms with Crippen LogP contribution in [0.3, 0.4) is 0 Å². The predicted molar refractivity (Wildman–Crippen MR) is 98.4 cm³/mol. The van der Waals surface area contributed by atoms with E-state index in [0.717, 1.165) is 24.5 Å². The number of sulfonamides is 1. The van der Waals surface area contributed by atoms with Crippen LogP contribution in [0.15, 0.2) is 47.4 Å². The maximum atomic E-state index is 12.6. The molecule has 0 aromatic heterocycles. The van der Waals surface area contributed by atoms with Crippen LogP contribution in [0.2, 0.25) is 0 Å². The Kier molecular flexibility index (Phi) is 5.62. The van der Waals surface area contributed by atoms with Gasteiger partial charge >= 0.3 is 5.69 Å². The Hall–Kier alpha value is -2.65. The summed E-state index contributed by atoms with van der Waals surface area (Å²) in [7, 11) is -2.21. The Morgan fingerprint density at radius 3 is 2.48 bits per heavy atom. The highest BCUT2D eigenvalue weighted by molar-refractivity contribution is 7.89. The molecule has 1 aliphatic heterocycles. The minimum atomic E-state index is -3.74. The van der Waals surface area contributed by atoms with Crippen molar-refractivity contribution in [3.05, 3.63) is 58.1 Å². The van der Waals surface area contributed by atoms with Crippen LogP contribution in [0.5, 0.6) is 11.5 Å². The zero-order valence-electron chi connectivity index (χ0n) is 14.8. The van der Waals surface area contributed by atoms with E-state index in [1.807, 2.05) is 6.07 Å². The highest BCUT2D eigenvalue weighted by Gasteiger charge is 2.29. The fourth-order valence-corrected chi connectivity index (χ4v) is 4.52. The van der Waals surface area contributed by atoms with Crippen LogP contribution in [0, 0.1) is 10.1 Å². The molecule has 8 nitrogen and oxygen atoms in total. The predicted octanol–water partition coefficient (Wildman–Crippen LogP) is 2.97. The number of benzene rings is 2. The Morgan fingerprint density at radius 1 is 1.11 bits per heavy atom. The van der Waals surface area contributed by atoms with Crippen molar-refractivity contribution in [2.45, 2.75) is 24.3 Å². The van der Waals surface area contributed by atoms with Crippen LogP contribution in [-0.4, -0.2) is 37.8 Å². The van der Waals surface area contributed by atoms with Crippen LogP contribution in [0.1, 0.15) is 18.4 Å². The van der Waals surface area contributed by atoms with E-state index in [2.05, 4.69) is 0 Å². The fourth-order valence-electron chi connectivity index (χ4n) is 2.98. The van der Waals surface area contributed by atoms with Gasteiger partial charge < -0.3 is 9.47 Å². The second-order valence-corrected chi connectivity index (χ2v) is 8.04. The van der Waals surface area contributed by atoms with Gasteiger partial charge in [0.1, 0.15) is 12.4 Å². The zero-order valence-corrected chi connectivity index (χ0v) is 15.6. The van der Waals surface area contributed by atoms with E-state index in [1.165, 1.54) is 23.5 Å². The molecule has 0 radical (unpaired) electrons. The highest BCUT2D eigenvalue weighted by Crippen LogP contribution is 2.33. The summed E-state index contributed by atoms with van der Waals surface area (Å²) < 4.78 is 37.4. The van der Waals surface area contributed by atoms with Crippen LogP contribution in [-0.2, 0) is 16.6 Å². The van der Waals surface area contributed by atoms with Gasteiger partial charge in [-0.05, 0) is 31.0 Å². The smallest absolute Gasteiger partial charge is 0.312 e. The molecule has 0 spiro atoms. The van der Waals surface area contributed by atoms with Crippen molar-refractivity contribution < 1.29 is 22.8 Å². The van der Waals surface area contributed by atoms with Crippen molar-refractivity contribution in [3.63, 3.8) is 0 Å². The molecular formula is C18H20N2O6S. The first-order valence-corrected chi connectivity index (χ1v) is 9.91. The van der Waals surface area contributed by atoms with Crippen LogP contribution in [0.25, 0.3) is 0 Å². The molecule has 1 aliphatic rings. The van der Waals surface area contributed by atoms with Crippen molar-refractivity contribution in [1.82, 2.24) is 4.31 Å². The molecule has 2 aromatic rings. The van der Waals surface area contributed by atoms with Crippen LogP contribution >= 0.6 is 0 Å². The third-order valence-electron chi connectivity index (χ3n) is 4.41. The molecule has 1 heterocycles. The summed E-state index contributed by atoms with van der Waals surface area (Å²) in [5, 5.41) is 11.4. The third kappa shape index (κ3) is 4.04. The molecule has 0 bridgehead atoms. The number of hydrogen-bond donors (Lipinski definition) is 0. The van der Waals surface area contributed by atoms with Crippen molar-refractivity contribution in [3.8, 4) is 11.5 Å². The number of para-hydroxylation sites is 1.